The van der Waals surface area contributed by atoms with E-state index in [1.165, 1.54) is 0 Å². The summed E-state index contributed by atoms with van der Waals surface area (Å²) in [6.07, 6.45) is 3.65. The quantitative estimate of drug-likeness (QED) is 0.583. The van der Waals surface area contributed by atoms with Gasteiger partial charge in [-0.15, -0.1) is 0 Å². The van der Waals surface area contributed by atoms with E-state index in [9.17, 15) is 5.11 Å². The lowest BCUT2D eigenvalue weighted by molar-refractivity contribution is 0.139. The Balaban J connectivity index is 2.65. The first-order valence-corrected chi connectivity index (χ1v) is 4.55. The molecular formula is C10H19NO. The summed E-state index contributed by atoms with van der Waals surface area (Å²) in [5.41, 5.74) is 6.90. The Morgan fingerprint density at radius 2 is 2.17 bits per heavy atom. The molecule has 0 saturated carbocycles. The van der Waals surface area contributed by atoms with Crippen molar-refractivity contribution < 1.29 is 5.11 Å². The molecule has 0 fully saturated rings. The molecule has 0 aliphatic heterocycles. The maximum atomic E-state index is 9.59. The normalized spacial score (nSPS) is 31.6. The van der Waals surface area contributed by atoms with Gasteiger partial charge >= 0.3 is 0 Å². The Morgan fingerprint density at radius 3 is 2.58 bits per heavy atom. The van der Waals surface area contributed by atoms with Crippen molar-refractivity contribution in [1.29, 1.82) is 0 Å². The molecule has 2 atom stereocenters. The molecule has 0 saturated heterocycles. The third kappa shape index (κ3) is 2.08. The van der Waals surface area contributed by atoms with Gasteiger partial charge < -0.3 is 10.8 Å². The van der Waals surface area contributed by atoms with E-state index >= 15 is 0 Å². The van der Waals surface area contributed by atoms with Crippen molar-refractivity contribution >= 4 is 0 Å². The molecule has 0 aromatic heterocycles. The zero-order valence-electron chi connectivity index (χ0n) is 8.17. The fourth-order valence-electron chi connectivity index (χ4n) is 1.62. The Morgan fingerprint density at radius 1 is 1.58 bits per heavy atom. The molecule has 0 radical (unpaired) electrons. The summed E-state index contributed by atoms with van der Waals surface area (Å²) >= 11 is 0. The Bertz CT molecular complexity index is 191. The zero-order chi connectivity index (χ0) is 9.35. The Labute approximate surface area is 74.5 Å². The molecule has 70 valence electrons. The highest BCUT2D eigenvalue weighted by atomic mass is 16.3. The van der Waals surface area contributed by atoms with Crippen LogP contribution < -0.4 is 5.73 Å². The maximum Gasteiger partial charge on any atom is 0.0750 e. The van der Waals surface area contributed by atoms with Gasteiger partial charge in [-0.25, -0.2) is 0 Å². The molecule has 1 rings (SSSR count). The average molecular weight is 169 g/mol. The van der Waals surface area contributed by atoms with Gasteiger partial charge in [0.1, 0.15) is 0 Å². The van der Waals surface area contributed by atoms with E-state index in [2.05, 4.69) is 6.08 Å². The van der Waals surface area contributed by atoms with Crippen LogP contribution in [-0.2, 0) is 0 Å². The largest absolute Gasteiger partial charge is 0.389 e. The SMILES string of the molecule is CC1=CC[C@H](C(C)(C)N)C[C@H]1O. The molecule has 1 aliphatic rings. The maximum absolute atomic E-state index is 9.59. The van der Waals surface area contributed by atoms with Gasteiger partial charge in [0, 0.05) is 5.54 Å². The second-order valence-corrected chi connectivity index (χ2v) is 4.45. The van der Waals surface area contributed by atoms with Crippen molar-refractivity contribution in [1.82, 2.24) is 0 Å². The predicted molar refractivity (Wildman–Crippen MR) is 50.8 cm³/mol. The summed E-state index contributed by atoms with van der Waals surface area (Å²) in [5, 5.41) is 9.59. The molecule has 1 aliphatic carbocycles. The van der Waals surface area contributed by atoms with Crippen LogP contribution in [0.25, 0.3) is 0 Å². The molecule has 2 heteroatoms. The predicted octanol–water partition coefficient (Wildman–Crippen LogP) is 1.44. The first-order chi connectivity index (χ1) is 5.41. The van der Waals surface area contributed by atoms with Crippen LogP contribution in [0.15, 0.2) is 11.6 Å². The number of allylic oxidation sites excluding steroid dienone is 1. The average Bonchev–Trinajstić information content (AvgIpc) is 1.92. The van der Waals surface area contributed by atoms with E-state index in [1.54, 1.807) is 0 Å². The highest BCUT2D eigenvalue weighted by molar-refractivity contribution is 5.11. The van der Waals surface area contributed by atoms with Crippen molar-refractivity contribution in [3.8, 4) is 0 Å². The van der Waals surface area contributed by atoms with Crippen LogP contribution in [0.3, 0.4) is 0 Å². The van der Waals surface area contributed by atoms with Crippen LogP contribution in [0.2, 0.25) is 0 Å². The minimum absolute atomic E-state index is 0.168. The van der Waals surface area contributed by atoms with E-state index in [0.717, 1.165) is 18.4 Å². The molecule has 0 heterocycles. The van der Waals surface area contributed by atoms with E-state index < -0.39 is 0 Å². The van der Waals surface area contributed by atoms with Crippen molar-refractivity contribution in [3.05, 3.63) is 11.6 Å². The monoisotopic (exact) mass is 169 g/mol. The third-order valence-corrected chi connectivity index (χ3v) is 2.81. The lowest BCUT2D eigenvalue weighted by Crippen LogP contribution is -2.43. The fraction of sp³-hybridized carbons (Fsp3) is 0.800. The molecule has 2 nitrogen and oxygen atoms in total. The molecule has 0 unspecified atom stereocenters. The van der Waals surface area contributed by atoms with Crippen LogP contribution >= 0.6 is 0 Å². The fourth-order valence-corrected chi connectivity index (χ4v) is 1.62. The lowest BCUT2D eigenvalue weighted by Gasteiger charge is -2.34. The van der Waals surface area contributed by atoms with Crippen molar-refractivity contribution in [2.24, 2.45) is 11.7 Å². The number of nitrogens with two attached hydrogens (primary N) is 1. The third-order valence-electron chi connectivity index (χ3n) is 2.81. The van der Waals surface area contributed by atoms with E-state index in [-0.39, 0.29) is 11.6 Å². The number of aliphatic hydroxyl groups excluding tert-OH is 1. The molecule has 0 aromatic rings. The molecule has 3 N–H and O–H groups in total. The van der Waals surface area contributed by atoms with Gasteiger partial charge in [0.2, 0.25) is 0 Å². The molecule has 0 aromatic carbocycles. The summed E-state index contributed by atoms with van der Waals surface area (Å²) < 4.78 is 0. The van der Waals surface area contributed by atoms with Gasteiger partial charge in [-0.05, 0) is 45.1 Å². The second kappa shape index (κ2) is 3.19. The zero-order valence-corrected chi connectivity index (χ0v) is 8.17. The minimum Gasteiger partial charge on any atom is -0.389 e. The topological polar surface area (TPSA) is 46.2 Å². The standard InChI is InChI=1S/C10H19NO/c1-7-4-5-8(6-9(7)12)10(2,3)11/h4,8-9,12H,5-6,11H2,1-3H3/t8-,9+/m0/s1. The Hall–Kier alpha value is -0.340. The van der Waals surface area contributed by atoms with Crippen molar-refractivity contribution in [3.63, 3.8) is 0 Å². The van der Waals surface area contributed by atoms with E-state index in [4.69, 9.17) is 5.73 Å². The molecule has 0 amide bonds. The van der Waals surface area contributed by atoms with Crippen LogP contribution in [0.4, 0.5) is 0 Å². The number of hydrogen-bond donors (Lipinski definition) is 2. The van der Waals surface area contributed by atoms with Gasteiger partial charge in [-0.2, -0.15) is 0 Å². The summed E-state index contributed by atoms with van der Waals surface area (Å²) in [6.45, 7) is 6.03. The number of aliphatic hydroxyl groups is 1. The van der Waals surface area contributed by atoms with Crippen molar-refractivity contribution in [2.75, 3.05) is 0 Å². The summed E-state index contributed by atoms with van der Waals surface area (Å²) in [5.74, 6) is 0.413. The lowest BCUT2D eigenvalue weighted by atomic mass is 9.77. The van der Waals surface area contributed by atoms with Gasteiger partial charge in [-0.3, -0.25) is 0 Å². The smallest absolute Gasteiger partial charge is 0.0750 e. The first kappa shape index (κ1) is 9.75. The van der Waals surface area contributed by atoms with Gasteiger partial charge in [0.25, 0.3) is 0 Å². The van der Waals surface area contributed by atoms with Crippen LogP contribution in [0.5, 0.6) is 0 Å². The summed E-state index contributed by atoms with van der Waals surface area (Å²) in [6, 6.07) is 0. The van der Waals surface area contributed by atoms with Gasteiger partial charge in [-0.1, -0.05) is 6.08 Å². The molecule has 0 bridgehead atoms. The highest BCUT2D eigenvalue weighted by Crippen LogP contribution is 2.30. The number of rotatable bonds is 1. The second-order valence-electron chi connectivity index (χ2n) is 4.45. The van der Waals surface area contributed by atoms with Crippen LogP contribution in [0, 0.1) is 5.92 Å². The van der Waals surface area contributed by atoms with E-state index in [0.29, 0.717) is 5.92 Å². The molecular weight excluding hydrogens is 150 g/mol. The summed E-state index contributed by atoms with van der Waals surface area (Å²) in [7, 11) is 0. The molecule has 12 heavy (non-hydrogen) atoms. The number of hydrogen-bond acceptors (Lipinski definition) is 2. The first-order valence-electron chi connectivity index (χ1n) is 4.55. The van der Waals surface area contributed by atoms with Gasteiger partial charge in [0.15, 0.2) is 0 Å². The Kier molecular flexibility index (Phi) is 2.59. The van der Waals surface area contributed by atoms with Crippen LogP contribution in [-0.4, -0.2) is 16.7 Å². The van der Waals surface area contributed by atoms with E-state index in [1.807, 2.05) is 20.8 Å². The van der Waals surface area contributed by atoms with Gasteiger partial charge in [0.05, 0.1) is 6.10 Å². The molecule has 0 spiro atoms. The minimum atomic E-state index is -0.272. The summed E-state index contributed by atoms with van der Waals surface area (Å²) in [4.78, 5) is 0. The van der Waals surface area contributed by atoms with Crippen molar-refractivity contribution in [2.45, 2.75) is 45.3 Å². The highest BCUT2D eigenvalue weighted by Gasteiger charge is 2.29. The van der Waals surface area contributed by atoms with Crippen LogP contribution in [0.1, 0.15) is 33.6 Å².